The Kier molecular flexibility index (Phi) is 3.02. The molecule has 0 N–H and O–H groups in total. The lowest BCUT2D eigenvalue weighted by atomic mass is 10.1. The Morgan fingerprint density at radius 3 is 1.28 bits per heavy atom. The molecule has 96 valence electrons. The molecule has 0 unspecified atom stereocenters. The molecule has 0 radical (unpaired) electrons. The second-order valence-corrected chi connectivity index (χ2v) is 3.48. The van der Waals surface area contributed by atoms with Crippen LogP contribution in [0.15, 0.2) is 12.1 Å². The topological polar surface area (TPSA) is 18.5 Å². The summed E-state index contributed by atoms with van der Waals surface area (Å²) in [7, 11) is 2.42. The molecule has 18 heavy (non-hydrogen) atoms. The van der Waals surface area contributed by atoms with E-state index < -0.39 is 34.0 Å². The van der Waals surface area contributed by atoms with Gasteiger partial charge in [-0.25, -0.2) is 17.6 Å². The monoisotopic (exact) mass is 260 g/mol. The number of hydrogen-bond donors (Lipinski definition) is 0. The molecule has 0 amide bonds. The van der Waals surface area contributed by atoms with Gasteiger partial charge in [-0.15, -0.1) is 0 Å². The molecule has 0 atom stereocenters. The van der Waals surface area contributed by atoms with Crippen molar-refractivity contribution in [2.24, 2.45) is 0 Å². The first-order valence-corrected chi connectivity index (χ1v) is 4.89. The standard InChI is InChI=1S/C12H8F4O2/c1-17-5-3-4-6(18-2)8-7(5)9(13)11(15)12(16)10(8)14/h3-4H,1-2H3. The largest absolute Gasteiger partial charge is 0.496 e. The summed E-state index contributed by atoms with van der Waals surface area (Å²) < 4.78 is 63.4. The predicted molar refractivity (Wildman–Crippen MR) is 56.9 cm³/mol. The lowest BCUT2D eigenvalue weighted by Crippen LogP contribution is -2.01. The number of benzene rings is 2. The molecule has 0 heterocycles. The predicted octanol–water partition coefficient (Wildman–Crippen LogP) is 3.41. The van der Waals surface area contributed by atoms with Gasteiger partial charge in [-0.2, -0.15) is 0 Å². The fraction of sp³-hybridized carbons (Fsp3) is 0.167. The third-order valence-electron chi connectivity index (χ3n) is 2.59. The first kappa shape index (κ1) is 12.5. The molecular formula is C12H8F4O2. The van der Waals surface area contributed by atoms with E-state index in [9.17, 15) is 17.6 Å². The zero-order chi connectivity index (χ0) is 13.4. The Morgan fingerprint density at radius 2 is 1.00 bits per heavy atom. The van der Waals surface area contributed by atoms with Gasteiger partial charge in [0.1, 0.15) is 11.5 Å². The third kappa shape index (κ3) is 1.56. The van der Waals surface area contributed by atoms with Crippen LogP contribution in [0.2, 0.25) is 0 Å². The average Bonchev–Trinajstić information content (AvgIpc) is 2.40. The number of halogens is 4. The van der Waals surface area contributed by atoms with Crippen molar-refractivity contribution in [1.82, 2.24) is 0 Å². The van der Waals surface area contributed by atoms with Crippen molar-refractivity contribution in [1.29, 1.82) is 0 Å². The molecule has 0 aromatic heterocycles. The van der Waals surface area contributed by atoms with Crippen molar-refractivity contribution in [2.75, 3.05) is 14.2 Å². The fourth-order valence-corrected chi connectivity index (χ4v) is 1.75. The van der Waals surface area contributed by atoms with Crippen molar-refractivity contribution < 1.29 is 27.0 Å². The maximum Gasteiger partial charge on any atom is 0.198 e. The molecular weight excluding hydrogens is 252 g/mol. The summed E-state index contributed by atoms with van der Waals surface area (Å²) in [5.74, 6) is -7.01. The highest BCUT2D eigenvalue weighted by Crippen LogP contribution is 2.38. The van der Waals surface area contributed by atoms with Crippen LogP contribution in [-0.2, 0) is 0 Å². The molecule has 0 aliphatic carbocycles. The molecule has 0 aliphatic heterocycles. The van der Waals surface area contributed by atoms with E-state index in [4.69, 9.17) is 9.47 Å². The first-order valence-electron chi connectivity index (χ1n) is 4.89. The van der Waals surface area contributed by atoms with Crippen molar-refractivity contribution in [2.45, 2.75) is 0 Å². The number of rotatable bonds is 2. The lowest BCUT2D eigenvalue weighted by Gasteiger charge is -2.12. The Balaban J connectivity index is 3.06. The second-order valence-electron chi connectivity index (χ2n) is 3.48. The van der Waals surface area contributed by atoms with Crippen molar-refractivity contribution >= 4 is 10.8 Å². The van der Waals surface area contributed by atoms with Crippen LogP contribution in [-0.4, -0.2) is 14.2 Å². The van der Waals surface area contributed by atoms with Crippen molar-refractivity contribution in [3.05, 3.63) is 35.4 Å². The summed E-state index contributed by atoms with van der Waals surface area (Å²) in [5, 5.41) is -0.985. The molecule has 2 nitrogen and oxygen atoms in total. The van der Waals surface area contributed by atoms with Crippen molar-refractivity contribution in [3.8, 4) is 11.5 Å². The molecule has 2 aromatic rings. The minimum Gasteiger partial charge on any atom is -0.496 e. The van der Waals surface area contributed by atoms with Gasteiger partial charge in [-0.05, 0) is 12.1 Å². The molecule has 0 spiro atoms. The van der Waals surface area contributed by atoms with Gasteiger partial charge in [-0.1, -0.05) is 0 Å². The van der Waals surface area contributed by atoms with Crippen molar-refractivity contribution in [3.63, 3.8) is 0 Å². The number of methoxy groups -OCH3 is 2. The quantitative estimate of drug-likeness (QED) is 0.468. The van der Waals surface area contributed by atoms with E-state index in [1.54, 1.807) is 0 Å². The van der Waals surface area contributed by atoms with E-state index in [-0.39, 0.29) is 11.5 Å². The van der Waals surface area contributed by atoms with E-state index in [0.29, 0.717) is 0 Å². The van der Waals surface area contributed by atoms with E-state index in [0.717, 1.165) is 0 Å². The number of ether oxygens (including phenoxy) is 2. The van der Waals surface area contributed by atoms with Gasteiger partial charge in [-0.3, -0.25) is 0 Å². The molecule has 0 saturated heterocycles. The van der Waals surface area contributed by atoms with E-state index in [1.807, 2.05) is 0 Å². The highest BCUT2D eigenvalue weighted by molar-refractivity contribution is 5.94. The van der Waals surface area contributed by atoms with Crippen LogP contribution in [0.25, 0.3) is 10.8 Å². The zero-order valence-electron chi connectivity index (χ0n) is 9.48. The Bertz CT molecular complexity index is 571. The van der Waals surface area contributed by atoms with Gasteiger partial charge in [0, 0.05) is 0 Å². The average molecular weight is 260 g/mol. The molecule has 2 aromatic carbocycles. The minimum absolute atomic E-state index is 0.110. The van der Waals surface area contributed by atoms with Crippen LogP contribution in [0.3, 0.4) is 0 Å². The highest BCUT2D eigenvalue weighted by Gasteiger charge is 2.25. The molecule has 2 rings (SSSR count). The molecule has 0 fully saturated rings. The number of hydrogen-bond acceptors (Lipinski definition) is 2. The SMILES string of the molecule is COc1ccc(OC)c2c(F)c(F)c(F)c(F)c12. The van der Waals surface area contributed by atoms with Gasteiger partial charge >= 0.3 is 0 Å². The smallest absolute Gasteiger partial charge is 0.198 e. The minimum atomic E-state index is -1.88. The maximum atomic E-state index is 13.7. The maximum absolute atomic E-state index is 13.7. The van der Waals surface area contributed by atoms with Crippen LogP contribution in [0, 0.1) is 23.3 Å². The Labute approximate surface area is 99.7 Å². The summed E-state index contributed by atoms with van der Waals surface area (Å²) in [6.07, 6.45) is 0. The van der Waals surface area contributed by atoms with E-state index >= 15 is 0 Å². The summed E-state index contributed by atoms with van der Waals surface area (Å²) in [4.78, 5) is 0. The van der Waals surface area contributed by atoms with Crippen LogP contribution >= 0.6 is 0 Å². The van der Waals surface area contributed by atoms with Crippen LogP contribution in [0.4, 0.5) is 17.6 Å². The summed E-state index contributed by atoms with van der Waals surface area (Å²) in [6.45, 7) is 0. The lowest BCUT2D eigenvalue weighted by molar-refractivity contribution is 0.393. The van der Waals surface area contributed by atoms with E-state index in [1.165, 1.54) is 26.4 Å². The first-order chi connectivity index (χ1) is 8.52. The Hall–Kier alpha value is -1.98. The summed E-state index contributed by atoms with van der Waals surface area (Å²) >= 11 is 0. The van der Waals surface area contributed by atoms with Gasteiger partial charge in [0.2, 0.25) is 0 Å². The summed E-state index contributed by atoms with van der Waals surface area (Å²) in [6, 6.07) is 2.56. The Morgan fingerprint density at radius 1 is 0.667 bits per heavy atom. The van der Waals surface area contributed by atoms with Crippen LogP contribution < -0.4 is 9.47 Å². The fourth-order valence-electron chi connectivity index (χ4n) is 1.75. The van der Waals surface area contributed by atoms with E-state index in [2.05, 4.69) is 0 Å². The molecule has 0 saturated carbocycles. The molecule has 0 bridgehead atoms. The van der Waals surface area contributed by atoms with Gasteiger partial charge in [0.15, 0.2) is 23.3 Å². The second kappa shape index (κ2) is 4.36. The number of fused-ring (bicyclic) bond motifs is 1. The van der Waals surface area contributed by atoms with Crippen LogP contribution in [0.5, 0.6) is 11.5 Å². The van der Waals surface area contributed by atoms with Gasteiger partial charge in [0.05, 0.1) is 25.0 Å². The molecule has 6 heteroatoms. The summed E-state index contributed by atoms with van der Waals surface area (Å²) in [5.41, 5.74) is 0. The highest BCUT2D eigenvalue weighted by atomic mass is 19.2. The van der Waals surface area contributed by atoms with Gasteiger partial charge < -0.3 is 9.47 Å². The molecule has 0 aliphatic rings. The third-order valence-corrected chi connectivity index (χ3v) is 2.59. The normalized spacial score (nSPS) is 10.8. The zero-order valence-corrected chi connectivity index (χ0v) is 9.48. The van der Waals surface area contributed by atoms with Crippen LogP contribution in [0.1, 0.15) is 0 Å². The van der Waals surface area contributed by atoms with Gasteiger partial charge in [0.25, 0.3) is 0 Å².